The molecule has 178 valence electrons. The van der Waals surface area contributed by atoms with Gasteiger partial charge in [-0.15, -0.1) is 0 Å². The Morgan fingerprint density at radius 2 is 1.71 bits per heavy atom. The third-order valence-electron chi connectivity index (χ3n) is 5.72. The number of benzene rings is 3. The Labute approximate surface area is 204 Å². The summed E-state index contributed by atoms with van der Waals surface area (Å²) in [5.41, 5.74) is 2.00. The van der Waals surface area contributed by atoms with Gasteiger partial charge in [0.05, 0.1) is 18.2 Å². The molecule has 0 aromatic heterocycles. The first-order chi connectivity index (χ1) is 17.0. The SMILES string of the molecule is C=CCOc1cccc(C2C(=C(O)c3ccc(OCC)cc3)C(=O)C(=O)N2Cc2ccccc2)c1. The minimum Gasteiger partial charge on any atom is -0.507 e. The molecule has 1 saturated heterocycles. The van der Waals surface area contributed by atoms with Gasteiger partial charge in [-0.25, -0.2) is 0 Å². The van der Waals surface area contributed by atoms with Gasteiger partial charge < -0.3 is 19.5 Å². The first kappa shape index (κ1) is 23.8. The summed E-state index contributed by atoms with van der Waals surface area (Å²) in [5, 5.41) is 11.3. The molecular weight excluding hydrogens is 442 g/mol. The normalized spacial score (nSPS) is 16.8. The van der Waals surface area contributed by atoms with Gasteiger partial charge in [-0.2, -0.15) is 0 Å². The molecule has 0 spiro atoms. The topological polar surface area (TPSA) is 76.1 Å². The molecule has 1 heterocycles. The fraction of sp³-hybridized carbons (Fsp3) is 0.172. The second kappa shape index (κ2) is 10.7. The van der Waals surface area contributed by atoms with E-state index in [9.17, 15) is 14.7 Å². The van der Waals surface area contributed by atoms with Gasteiger partial charge in [0, 0.05) is 12.1 Å². The molecule has 3 aromatic carbocycles. The largest absolute Gasteiger partial charge is 0.507 e. The van der Waals surface area contributed by atoms with Crippen molar-refractivity contribution in [2.75, 3.05) is 13.2 Å². The van der Waals surface area contributed by atoms with Crippen LogP contribution in [0.5, 0.6) is 11.5 Å². The first-order valence-electron chi connectivity index (χ1n) is 11.4. The summed E-state index contributed by atoms with van der Waals surface area (Å²) in [6.45, 7) is 6.60. The number of ketones is 1. The Morgan fingerprint density at radius 1 is 0.971 bits per heavy atom. The van der Waals surface area contributed by atoms with E-state index in [0.29, 0.717) is 35.8 Å². The molecule has 1 atom stereocenters. The van der Waals surface area contributed by atoms with Crippen LogP contribution >= 0.6 is 0 Å². The molecule has 0 saturated carbocycles. The Hall–Kier alpha value is -4.32. The first-order valence-corrected chi connectivity index (χ1v) is 11.4. The highest BCUT2D eigenvalue weighted by Gasteiger charge is 2.46. The zero-order valence-corrected chi connectivity index (χ0v) is 19.5. The molecule has 1 aliphatic heterocycles. The smallest absolute Gasteiger partial charge is 0.295 e. The summed E-state index contributed by atoms with van der Waals surface area (Å²) >= 11 is 0. The van der Waals surface area contributed by atoms with E-state index in [4.69, 9.17) is 9.47 Å². The summed E-state index contributed by atoms with van der Waals surface area (Å²) in [5.74, 6) is -0.395. The van der Waals surface area contributed by atoms with Crippen molar-refractivity contribution < 1.29 is 24.2 Å². The average molecular weight is 470 g/mol. The van der Waals surface area contributed by atoms with Gasteiger partial charge in [-0.1, -0.05) is 55.1 Å². The molecule has 35 heavy (non-hydrogen) atoms. The van der Waals surface area contributed by atoms with Crippen LogP contribution in [0, 0.1) is 0 Å². The molecule has 1 fully saturated rings. The van der Waals surface area contributed by atoms with Crippen LogP contribution in [-0.2, 0) is 16.1 Å². The predicted molar refractivity (Wildman–Crippen MR) is 134 cm³/mol. The molecule has 0 bridgehead atoms. The quantitative estimate of drug-likeness (QED) is 0.200. The maximum absolute atomic E-state index is 13.3. The van der Waals surface area contributed by atoms with Crippen molar-refractivity contribution in [1.82, 2.24) is 4.90 Å². The number of rotatable bonds is 9. The van der Waals surface area contributed by atoms with Crippen LogP contribution in [0.4, 0.5) is 0 Å². The fourth-order valence-corrected chi connectivity index (χ4v) is 4.13. The summed E-state index contributed by atoms with van der Waals surface area (Å²) in [6.07, 6.45) is 1.64. The van der Waals surface area contributed by atoms with Gasteiger partial charge in [-0.05, 0) is 54.4 Å². The number of Topliss-reactive ketones (excluding diaryl/α,β-unsaturated/α-hetero) is 1. The van der Waals surface area contributed by atoms with E-state index in [1.807, 2.05) is 43.3 Å². The molecule has 1 N–H and O–H groups in total. The van der Waals surface area contributed by atoms with E-state index in [1.165, 1.54) is 4.90 Å². The number of nitrogens with zero attached hydrogens (tertiary/aromatic N) is 1. The fourth-order valence-electron chi connectivity index (χ4n) is 4.13. The summed E-state index contributed by atoms with van der Waals surface area (Å²) in [4.78, 5) is 27.9. The lowest BCUT2D eigenvalue weighted by molar-refractivity contribution is -0.140. The number of carbonyl (C=O) groups is 2. The number of aliphatic hydroxyl groups excluding tert-OH is 1. The van der Waals surface area contributed by atoms with Gasteiger partial charge >= 0.3 is 0 Å². The highest BCUT2D eigenvalue weighted by Crippen LogP contribution is 2.41. The Kier molecular flexibility index (Phi) is 7.31. The molecule has 3 aromatic rings. The Balaban J connectivity index is 1.81. The van der Waals surface area contributed by atoms with Crippen LogP contribution in [0.2, 0.25) is 0 Å². The zero-order chi connectivity index (χ0) is 24.8. The van der Waals surface area contributed by atoms with Crippen LogP contribution in [0.25, 0.3) is 5.76 Å². The summed E-state index contributed by atoms with van der Waals surface area (Å²) in [6, 6.07) is 22.6. The Bertz CT molecular complexity index is 1250. The van der Waals surface area contributed by atoms with E-state index in [-0.39, 0.29) is 17.9 Å². The number of carbonyl (C=O) groups excluding carboxylic acids is 2. The van der Waals surface area contributed by atoms with Gasteiger partial charge in [0.15, 0.2) is 0 Å². The zero-order valence-electron chi connectivity index (χ0n) is 19.5. The number of likely N-dealkylation sites (tertiary alicyclic amines) is 1. The summed E-state index contributed by atoms with van der Waals surface area (Å²) in [7, 11) is 0. The van der Waals surface area contributed by atoms with E-state index >= 15 is 0 Å². The minimum absolute atomic E-state index is 0.0379. The molecule has 0 radical (unpaired) electrons. The highest BCUT2D eigenvalue weighted by molar-refractivity contribution is 6.46. The van der Waals surface area contributed by atoms with Crippen LogP contribution in [0.3, 0.4) is 0 Å². The molecule has 4 rings (SSSR count). The molecule has 6 heteroatoms. The van der Waals surface area contributed by atoms with Gasteiger partial charge in [0.2, 0.25) is 0 Å². The second-order valence-corrected chi connectivity index (χ2v) is 8.04. The third-order valence-corrected chi connectivity index (χ3v) is 5.72. The number of hydrogen-bond donors (Lipinski definition) is 1. The predicted octanol–water partition coefficient (Wildman–Crippen LogP) is 5.27. The second-order valence-electron chi connectivity index (χ2n) is 8.04. The van der Waals surface area contributed by atoms with Crippen LogP contribution in [0.15, 0.2) is 97.1 Å². The number of ether oxygens (including phenoxy) is 2. The standard InChI is InChI=1S/C29H27NO5/c1-3-17-35-24-12-8-11-22(18-24)26-25(27(31)21-13-15-23(16-14-21)34-4-2)28(32)29(33)30(26)19-20-9-6-5-7-10-20/h3,5-16,18,26,31H,1,4,17,19H2,2H3. The maximum atomic E-state index is 13.3. The van der Waals surface area contributed by atoms with Crippen LogP contribution in [0.1, 0.15) is 29.7 Å². The monoisotopic (exact) mass is 469 g/mol. The third kappa shape index (κ3) is 5.11. The van der Waals surface area contributed by atoms with Crippen molar-refractivity contribution >= 4 is 17.4 Å². The maximum Gasteiger partial charge on any atom is 0.295 e. The molecule has 1 unspecified atom stereocenters. The van der Waals surface area contributed by atoms with E-state index in [2.05, 4.69) is 6.58 Å². The Morgan fingerprint density at radius 3 is 2.40 bits per heavy atom. The molecule has 0 aliphatic carbocycles. The number of amides is 1. The van der Waals surface area contributed by atoms with E-state index < -0.39 is 17.7 Å². The van der Waals surface area contributed by atoms with Crippen molar-refractivity contribution in [2.24, 2.45) is 0 Å². The lowest BCUT2D eigenvalue weighted by atomic mass is 9.95. The van der Waals surface area contributed by atoms with Crippen molar-refractivity contribution in [3.05, 3.63) is 114 Å². The van der Waals surface area contributed by atoms with Crippen molar-refractivity contribution in [3.63, 3.8) is 0 Å². The van der Waals surface area contributed by atoms with E-state index in [1.54, 1.807) is 48.5 Å². The van der Waals surface area contributed by atoms with Crippen molar-refractivity contribution in [3.8, 4) is 11.5 Å². The van der Waals surface area contributed by atoms with Gasteiger partial charge in [-0.3, -0.25) is 9.59 Å². The molecule has 6 nitrogen and oxygen atoms in total. The van der Waals surface area contributed by atoms with Gasteiger partial charge in [0.25, 0.3) is 11.7 Å². The molecule has 1 aliphatic rings. The van der Waals surface area contributed by atoms with Crippen LogP contribution in [-0.4, -0.2) is 34.9 Å². The average Bonchev–Trinajstić information content (AvgIpc) is 3.13. The minimum atomic E-state index is -0.783. The molecule has 1 amide bonds. The number of hydrogen-bond acceptors (Lipinski definition) is 5. The number of aliphatic hydroxyl groups is 1. The van der Waals surface area contributed by atoms with Crippen molar-refractivity contribution in [2.45, 2.75) is 19.5 Å². The van der Waals surface area contributed by atoms with Crippen LogP contribution < -0.4 is 9.47 Å². The van der Waals surface area contributed by atoms with Gasteiger partial charge in [0.1, 0.15) is 23.9 Å². The summed E-state index contributed by atoms with van der Waals surface area (Å²) < 4.78 is 11.2. The lowest BCUT2D eigenvalue weighted by Crippen LogP contribution is -2.29. The van der Waals surface area contributed by atoms with Crippen molar-refractivity contribution in [1.29, 1.82) is 0 Å². The highest BCUT2D eigenvalue weighted by atomic mass is 16.5. The molecular formula is C29H27NO5. The van der Waals surface area contributed by atoms with E-state index in [0.717, 1.165) is 5.56 Å². The lowest BCUT2D eigenvalue weighted by Gasteiger charge is -2.26.